The van der Waals surface area contributed by atoms with E-state index in [4.69, 9.17) is 0 Å². The molecule has 0 aliphatic heterocycles. The van der Waals surface area contributed by atoms with Gasteiger partial charge < -0.3 is 5.32 Å². The Kier molecular flexibility index (Phi) is 5.06. The number of halogens is 1. The molecule has 4 nitrogen and oxygen atoms in total. The monoisotopic (exact) mass is 280 g/mol. The third-order valence-electron chi connectivity index (χ3n) is 4.21. The average Bonchev–Trinajstić information content (AvgIpc) is 2.45. The van der Waals surface area contributed by atoms with Gasteiger partial charge in [-0.05, 0) is 37.8 Å². The van der Waals surface area contributed by atoms with Crippen LogP contribution in [0.25, 0.3) is 0 Å². The summed E-state index contributed by atoms with van der Waals surface area (Å²) in [5, 5.41) is 14.3. The van der Waals surface area contributed by atoms with Crippen LogP contribution in [0.4, 0.5) is 10.1 Å². The van der Waals surface area contributed by atoms with Crippen LogP contribution in [0.3, 0.4) is 0 Å². The third kappa shape index (κ3) is 3.76. The summed E-state index contributed by atoms with van der Waals surface area (Å²) < 4.78 is 13.2. The molecule has 1 aliphatic rings. The Morgan fingerprint density at radius 3 is 2.75 bits per heavy atom. The second-order valence-electron chi connectivity index (χ2n) is 5.60. The van der Waals surface area contributed by atoms with Crippen molar-refractivity contribution < 1.29 is 9.31 Å². The van der Waals surface area contributed by atoms with Gasteiger partial charge in [0, 0.05) is 24.2 Å². The molecule has 1 aliphatic carbocycles. The van der Waals surface area contributed by atoms with Crippen molar-refractivity contribution >= 4 is 5.69 Å². The Morgan fingerprint density at radius 2 is 2.10 bits per heavy atom. The molecule has 0 amide bonds. The zero-order valence-electron chi connectivity index (χ0n) is 11.8. The number of nitro benzene ring substituents is 1. The Morgan fingerprint density at radius 1 is 1.40 bits per heavy atom. The van der Waals surface area contributed by atoms with Crippen LogP contribution in [0, 0.1) is 21.8 Å². The molecular formula is C15H21FN2O2. The summed E-state index contributed by atoms with van der Waals surface area (Å²) in [5.74, 6) is 0.189. The molecule has 1 atom stereocenters. The topological polar surface area (TPSA) is 55.2 Å². The van der Waals surface area contributed by atoms with Gasteiger partial charge in [0.2, 0.25) is 0 Å². The quantitative estimate of drug-likeness (QED) is 0.659. The van der Waals surface area contributed by atoms with Crippen LogP contribution in [0.1, 0.15) is 44.6 Å². The largest absolute Gasteiger partial charge is 0.310 e. The first kappa shape index (κ1) is 14.9. The van der Waals surface area contributed by atoms with Crippen LogP contribution in [0.2, 0.25) is 0 Å². The van der Waals surface area contributed by atoms with E-state index in [1.54, 1.807) is 0 Å². The van der Waals surface area contributed by atoms with Gasteiger partial charge in [-0.2, -0.15) is 0 Å². The molecule has 0 aromatic heterocycles. The summed E-state index contributed by atoms with van der Waals surface area (Å²) in [4.78, 5) is 10.5. The van der Waals surface area contributed by atoms with Crippen molar-refractivity contribution in [2.75, 3.05) is 0 Å². The Hall–Kier alpha value is -1.49. The number of nitrogens with one attached hydrogen (secondary N) is 1. The standard InChI is InChI=1S/C15H21FN2O2/c1-11(12-5-3-2-4-6-12)17-10-13-9-14(16)7-8-15(13)18(19)20/h7-9,11-12,17H,2-6,10H2,1H3. The first-order valence-corrected chi connectivity index (χ1v) is 7.24. The molecule has 1 aromatic carbocycles. The number of nitro groups is 1. The summed E-state index contributed by atoms with van der Waals surface area (Å²) in [6.45, 7) is 2.45. The van der Waals surface area contributed by atoms with Gasteiger partial charge >= 0.3 is 0 Å². The van der Waals surface area contributed by atoms with E-state index < -0.39 is 10.7 Å². The van der Waals surface area contributed by atoms with Crippen LogP contribution >= 0.6 is 0 Å². The van der Waals surface area contributed by atoms with Gasteiger partial charge in [0.15, 0.2) is 0 Å². The van der Waals surface area contributed by atoms with Crippen molar-refractivity contribution in [3.05, 3.63) is 39.7 Å². The van der Waals surface area contributed by atoms with Crippen molar-refractivity contribution in [1.82, 2.24) is 5.32 Å². The van der Waals surface area contributed by atoms with Gasteiger partial charge in [0.25, 0.3) is 5.69 Å². The first-order chi connectivity index (χ1) is 9.58. The summed E-state index contributed by atoms with van der Waals surface area (Å²) in [7, 11) is 0. The highest BCUT2D eigenvalue weighted by Gasteiger charge is 2.21. The van der Waals surface area contributed by atoms with E-state index in [9.17, 15) is 14.5 Å². The Balaban J connectivity index is 1.99. The predicted molar refractivity (Wildman–Crippen MR) is 75.9 cm³/mol. The van der Waals surface area contributed by atoms with Crippen LogP contribution in [0.5, 0.6) is 0 Å². The number of hydrogen-bond donors (Lipinski definition) is 1. The van der Waals surface area contributed by atoms with Crippen molar-refractivity contribution in [3.63, 3.8) is 0 Å². The van der Waals surface area contributed by atoms with Crippen LogP contribution in [0.15, 0.2) is 18.2 Å². The fraction of sp³-hybridized carbons (Fsp3) is 0.600. The van der Waals surface area contributed by atoms with Gasteiger partial charge in [-0.3, -0.25) is 10.1 Å². The molecule has 5 heteroatoms. The number of rotatable bonds is 5. The molecule has 110 valence electrons. The van der Waals surface area contributed by atoms with Gasteiger partial charge in [0.1, 0.15) is 5.82 Å². The van der Waals surface area contributed by atoms with Crippen molar-refractivity contribution in [2.24, 2.45) is 5.92 Å². The lowest BCUT2D eigenvalue weighted by Crippen LogP contribution is -2.34. The van der Waals surface area contributed by atoms with E-state index in [0.717, 1.165) is 6.07 Å². The third-order valence-corrected chi connectivity index (χ3v) is 4.21. The van der Waals surface area contributed by atoms with E-state index in [0.29, 0.717) is 24.1 Å². The summed E-state index contributed by atoms with van der Waals surface area (Å²) >= 11 is 0. The molecule has 1 saturated carbocycles. The second kappa shape index (κ2) is 6.79. The van der Waals surface area contributed by atoms with E-state index in [1.165, 1.54) is 44.2 Å². The smallest absolute Gasteiger partial charge is 0.274 e. The molecule has 2 rings (SSSR count). The maximum absolute atomic E-state index is 13.2. The number of nitrogens with zero attached hydrogens (tertiary/aromatic N) is 1. The normalized spacial score (nSPS) is 17.9. The molecular weight excluding hydrogens is 259 g/mol. The van der Waals surface area contributed by atoms with Crippen LogP contribution in [-0.4, -0.2) is 11.0 Å². The van der Waals surface area contributed by atoms with E-state index in [1.807, 2.05) is 0 Å². The van der Waals surface area contributed by atoms with Crippen molar-refractivity contribution in [3.8, 4) is 0 Å². The Labute approximate surface area is 118 Å². The maximum atomic E-state index is 13.2. The zero-order valence-corrected chi connectivity index (χ0v) is 11.8. The van der Waals surface area contributed by atoms with Gasteiger partial charge in [-0.15, -0.1) is 0 Å². The molecule has 0 heterocycles. The maximum Gasteiger partial charge on any atom is 0.274 e. The van der Waals surface area contributed by atoms with E-state index >= 15 is 0 Å². The van der Waals surface area contributed by atoms with E-state index in [-0.39, 0.29) is 5.69 Å². The van der Waals surface area contributed by atoms with Gasteiger partial charge in [-0.25, -0.2) is 4.39 Å². The minimum atomic E-state index is -0.457. The summed E-state index contributed by atoms with van der Waals surface area (Å²) in [6.07, 6.45) is 6.24. The van der Waals surface area contributed by atoms with Crippen molar-refractivity contribution in [1.29, 1.82) is 0 Å². The molecule has 1 unspecified atom stereocenters. The summed E-state index contributed by atoms with van der Waals surface area (Å²) in [6, 6.07) is 3.92. The lowest BCUT2D eigenvalue weighted by atomic mass is 9.84. The molecule has 0 bridgehead atoms. The van der Waals surface area contributed by atoms with Gasteiger partial charge in [0.05, 0.1) is 4.92 Å². The first-order valence-electron chi connectivity index (χ1n) is 7.24. The molecule has 0 radical (unpaired) electrons. The molecule has 1 N–H and O–H groups in total. The molecule has 1 aromatic rings. The fourth-order valence-electron chi connectivity index (χ4n) is 2.95. The summed E-state index contributed by atoms with van der Waals surface area (Å²) in [5.41, 5.74) is 0.396. The second-order valence-corrected chi connectivity index (χ2v) is 5.60. The number of hydrogen-bond acceptors (Lipinski definition) is 3. The lowest BCUT2D eigenvalue weighted by molar-refractivity contribution is -0.385. The van der Waals surface area contributed by atoms with Crippen molar-refractivity contribution in [2.45, 2.75) is 51.6 Å². The molecule has 0 saturated heterocycles. The fourth-order valence-corrected chi connectivity index (χ4v) is 2.95. The van der Waals surface area contributed by atoms with E-state index in [2.05, 4.69) is 12.2 Å². The lowest BCUT2D eigenvalue weighted by Gasteiger charge is -2.28. The minimum Gasteiger partial charge on any atom is -0.310 e. The SMILES string of the molecule is CC(NCc1cc(F)ccc1[N+](=O)[O-])C1CCCCC1. The molecule has 0 spiro atoms. The Bertz CT molecular complexity index is 473. The molecule has 20 heavy (non-hydrogen) atoms. The predicted octanol–water partition coefficient (Wildman–Crippen LogP) is 3.79. The van der Waals surface area contributed by atoms with Crippen LogP contribution in [-0.2, 0) is 6.54 Å². The number of benzene rings is 1. The molecule has 1 fully saturated rings. The minimum absolute atomic E-state index is 0.0188. The van der Waals surface area contributed by atoms with Gasteiger partial charge in [-0.1, -0.05) is 19.3 Å². The van der Waals surface area contributed by atoms with Crippen LogP contribution < -0.4 is 5.32 Å². The highest BCUT2D eigenvalue weighted by Crippen LogP contribution is 2.27. The highest BCUT2D eigenvalue weighted by atomic mass is 19.1. The average molecular weight is 280 g/mol. The zero-order chi connectivity index (χ0) is 14.5. The highest BCUT2D eigenvalue weighted by molar-refractivity contribution is 5.40.